The summed E-state index contributed by atoms with van der Waals surface area (Å²) in [7, 11) is -16.8. The van der Waals surface area contributed by atoms with Gasteiger partial charge in [-0.2, -0.15) is 8.62 Å². The topological polar surface area (TPSA) is 574 Å². The van der Waals surface area contributed by atoms with Gasteiger partial charge in [-0.1, -0.05) is 43.3 Å². The van der Waals surface area contributed by atoms with E-state index >= 15 is 0 Å². The third-order valence-electron chi connectivity index (χ3n) is 15.0. The van der Waals surface area contributed by atoms with Crippen molar-refractivity contribution in [2.24, 2.45) is 0 Å². The molecule has 41 nitrogen and oxygen atoms in total. The Bertz CT molecular complexity index is 4270. The Morgan fingerprint density at radius 1 is 0.510 bits per heavy atom. The molecule has 96 heavy (non-hydrogen) atoms. The van der Waals surface area contributed by atoms with Crippen LogP contribution < -0.4 is 17.2 Å². The Balaban J connectivity index is 0.000000160. The molecular weight excluding hydrogens is 1340 g/mol. The first-order valence-corrected chi connectivity index (χ1v) is 33.0. The molecule has 0 spiro atoms. The summed E-state index contributed by atoms with van der Waals surface area (Å²) < 4.78 is 87.5. The number of aliphatic hydroxyl groups excluding tert-OH is 1. The molecule has 11 N–H and O–H groups in total. The summed E-state index contributed by atoms with van der Waals surface area (Å²) in [6.07, 6.45) is 5.12. The van der Waals surface area contributed by atoms with Gasteiger partial charge in [0.2, 0.25) is 0 Å². The van der Waals surface area contributed by atoms with Crippen LogP contribution >= 0.6 is 23.5 Å². The Morgan fingerprint density at radius 3 is 1.21 bits per heavy atom. The number of nitrogen functional groups attached to an aromatic ring is 3. The maximum absolute atomic E-state index is 12.2. The van der Waals surface area contributed by atoms with Gasteiger partial charge in [-0.15, -0.1) is 0 Å². The first-order valence-electron chi connectivity index (χ1n) is 28.5. The van der Waals surface area contributed by atoms with Crippen LogP contribution in [0.4, 0.5) is 34.5 Å². The van der Waals surface area contributed by atoms with Crippen LogP contribution in [0.5, 0.6) is 0 Å². The highest BCUT2D eigenvalue weighted by molar-refractivity contribution is 7.66. The number of hydrogen-bond donors (Lipinski definition) is 8. The number of rotatable bonds is 24. The van der Waals surface area contributed by atoms with Crippen molar-refractivity contribution in [3.8, 4) is 0 Å². The Labute approximate surface area is 539 Å². The van der Waals surface area contributed by atoms with Gasteiger partial charge in [0, 0.05) is 37.5 Å². The van der Waals surface area contributed by atoms with E-state index in [1.165, 1.54) is 60.2 Å². The summed E-state index contributed by atoms with van der Waals surface area (Å²) >= 11 is 0. The van der Waals surface area contributed by atoms with E-state index in [0.29, 0.717) is 52.1 Å². The minimum atomic E-state index is -5.74. The van der Waals surface area contributed by atoms with Crippen LogP contribution in [-0.2, 0) is 75.1 Å². The lowest BCUT2D eigenvalue weighted by Crippen LogP contribution is -2.29. The average molecular weight is 1400 g/mol. The fraction of sp³-hybridized carbons (Fsp3) is 0.365. The largest absolute Gasteiger partial charge is 0.490 e. The molecule has 3 aliphatic rings. The summed E-state index contributed by atoms with van der Waals surface area (Å²) in [4.78, 5) is 106. The summed E-state index contributed by atoms with van der Waals surface area (Å²) in [5.74, 6) is 0.678. The van der Waals surface area contributed by atoms with Crippen molar-refractivity contribution in [1.29, 1.82) is 0 Å². The molecule has 0 amide bonds. The number of hydrogen-bond acceptors (Lipinski definition) is 31. The molecular formula is C52H59N18O23P3. The molecule has 6 aromatic heterocycles. The second kappa shape index (κ2) is 30.0. The van der Waals surface area contributed by atoms with E-state index in [2.05, 4.69) is 53.5 Å². The average Bonchev–Trinajstić information content (AvgIpc) is 1.65. The number of nitro benzene ring substituents is 3. The van der Waals surface area contributed by atoms with Crippen molar-refractivity contribution >= 4 is 91.5 Å². The van der Waals surface area contributed by atoms with Crippen molar-refractivity contribution < 1.29 is 94.7 Å². The van der Waals surface area contributed by atoms with Gasteiger partial charge in [0.1, 0.15) is 66.4 Å². The number of aliphatic hydroxyl groups is 1. The van der Waals surface area contributed by atoms with Crippen LogP contribution in [0.2, 0.25) is 0 Å². The standard InChI is InChI=1S/C18H20N6O4.C17H21N6O14P3.C17H18N6O5/c1-2-13-14(27-8-11-5-3-4-6-12(11)24(25)26)7-15(28-13)23-10-22-16-17(19)20-9-21-18(16)23;18-16-15-17(20-8-19-16)22(9-21-15)14-5-12(33-6-10-3-1-2-4-11(10)23(24)25)13(35-14)7-34-39(29,30)37-40(31,32)36-38(26,27)28;18-16-15-17(20-8-19-16)22(9-21-15)14-5-12(13(6-24)28-14)27-7-10-3-1-2-4-11(10)23(25)26/h3-6,9-10,13-15H,2,7-8H2,1H3,(H2,19,20,21);1-4,8-9,12-14H,5-7H2,(H,29,30)(H,31,32)(H2,18,19,20)(H2,26,27,28);1-4,8-9,12-14,24H,5-7H2,(H2,18,19,20)/t13-,14?,15-;2*12?,13-,14-/m111/s1. The third kappa shape index (κ3) is 16.6. The Morgan fingerprint density at radius 2 is 0.854 bits per heavy atom. The number of anilines is 3. The number of phosphoric ester groups is 1. The fourth-order valence-corrected chi connectivity index (χ4v) is 13.6. The zero-order valence-electron chi connectivity index (χ0n) is 49.8. The number of imidazole rings is 3. The van der Waals surface area contributed by atoms with Gasteiger partial charge in [0.25, 0.3) is 17.1 Å². The van der Waals surface area contributed by atoms with Gasteiger partial charge in [0.05, 0.1) is 108 Å². The summed E-state index contributed by atoms with van der Waals surface area (Å²) in [5, 5.41) is 43.4. The molecule has 0 saturated carbocycles. The first kappa shape index (κ1) is 69.9. The number of nitro groups is 3. The van der Waals surface area contributed by atoms with Crippen LogP contribution in [0.15, 0.2) is 111 Å². The van der Waals surface area contributed by atoms with Gasteiger partial charge >= 0.3 is 23.5 Å². The predicted octanol–water partition coefficient (Wildman–Crippen LogP) is 5.31. The SMILES string of the molecule is CC[C@H]1O[C@@H](n2cnc3c(N)ncnc32)CC1OCc1ccccc1[N+](=O)[O-].Nc1ncnc2c1ncn2[C@H]1CC(OCc2ccccc2[N+](=O)[O-])[C@@H](CO)O1.Nc1ncnc2c1ncn2[C@H]1CC(OCc2ccccc2[N+](=O)[O-])[C@@H](COP(=O)(O)OP(=O)(O)OP(=O)(O)O)O1. The number of para-hydroxylation sites is 3. The van der Waals surface area contributed by atoms with Crippen molar-refractivity contribution in [1.82, 2.24) is 58.6 Å². The highest BCUT2D eigenvalue weighted by Gasteiger charge is 2.45. The number of nitrogens with two attached hydrogens (primary N) is 3. The van der Waals surface area contributed by atoms with E-state index in [4.69, 9.17) is 59.9 Å². The van der Waals surface area contributed by atoms with Gasteiger partial charge in [-0.05, 0) is 24.6 Å². The number of ether oxygens (including phenoxy) is 6. The van der Waals surface area contributed by atoms with Crippen molar-refractivity contribution in [3.05, 3.63) is 158 Å². The van der Waals surface area contributed by atoms with Crippen molar-refractivity contribution in [3.63, 3.8) is 0 Å². The highest BCUT2D eigenvalue weighted by atomic mass is 31.3. The molecule has 0 bridgehead atoms. The minimum Gasteiger partial charge on any atom is -0.394 e. The Hall–Kier alpha value is -8.96. The number of benzene rings is 3. The molecule has 0 radical (unpaired) electrons. The van der Waals surface area contributed by atoms with Gasteiger partial charge in [-0.25, -0.2) is 58.6 Å². The van der Waals surface area contributed by atoms with Crippen molar-refractivity contribution in [2.45, 2.75) is 108 Å². The van der Waals surface area contributed by atoms with E-state index in [-0.39, 0.29) is 96.7 Å². The van der Waals surface area contributed by atoms with E-state index in [1.807, 2.05) is 11.5 Å². The molecule has 3 aromatic carbocycles. The second-order valence-electron chi connectivity index (χ2n) is 21.0. The monoisotopic (exact) mass is 1400 g/mol. The summed E-state index contributed by atoms with van der Waals surface area (Å²) in [6, 6.07) is 18.8. The minimum absolute atomic E-state index is 0.00806. The van der Waals surface area contributed by atoms with E-state index in [9.17, 15) is 58.9 Å². The highest BCUT2D eigenvalue weighted by Crippen LogP contribution is 2.66. The lowest BCUT2D eigenvalue weighted by molar-refractivity contribution is -0.386. The van der Waals surface area contributed by atoms with Crippen LogP contribution in [0.25, 0.3) is 33.5 Å². The predicted molar refractivity (Wildman–Crippen MR) is 327 cm³/mol. The van der Waals surface area contributed by atoms with Gasteiger partial charge < -0.3 is 70.3 Å². The summed E-state index contributed by atoms with van der Waals surface area (Å²) in [5.41, 5.74) is 21.2. The van der Waals surface area contributed by atoms with Crippen LogP contribution in [0.1, 0.15) is 68.0 Å². The first-order chi connectivity index (χ1) is 45.8. The van der Waals surface area contributed by atoms with E-state index in [1.54, 1.807) is 59.7 Å². The van der Waals surface area contributed by atoms with Gasteiger partial charge in [-0.3, -0.25) is 48.6 Å². The molecule has 11 atom stereocenters. The number of nitrogens with zero attached hydrogens (tertiary/aromatic N) is 15. The molecule has 3 aliphatic heterocycles. The fourth-order valence-electron chi connectivity index (χ4n) is 10.6. The molecule has 3 fully saturated rings. The lowest BCUT2D eigenvalue weighted by atomic mass is 10.1. The van der Waals surface area contributed by atoms with Crippen molar-refractivity contribution in [2.75, 3.05) is 30.4 Å². The van der Waals surface area contributed by atoms with Crippen LogP contribution in [0.3, 0.4) is 0 Å². The number of fused-ring (bicyclic) bond motifs is 3. The van der Waals surface area contributed by atoms with E-state index in [0.717, 1.165) is 6.42 Å². The summed E-state index contributed by atoms with van der Waals surface area (Å²) in [6.45, 7) is 0.861. The van der Waals surface area contributed by atoms with Crippen LogP contribution in [0, 0.1) is 30.3 Å². The molecule has 510 valence electrons. The van der Waals surface area contributed by atoms with E-state index < -0.39 is 81.7 Å². The zero-order valence-corrected chi connectivity index (χ0v) is 52.5. The molecule has 9 heterocycles. The maximum atomic E-state index is 12.2. The third-order valence-corrected chi connectivity index (χ3v) is 18.8. The zero-order chi connectivity index (χ0) is 68.6. The molecule has 5 unspecified atom stereocenters. The molecule has 12 rings (SSSR count). The Kier molecular flexibility index (Phi) is 21.8. The quantitative estimate of drug-likeness (QED) is 0.0216. The smallest absolute Gasteiger partial charge is 0.394 e. The number of aromatic nitrogens is 12. The maximum Gasteiger partial charge on any atom is 0.490 e. The molecule has 9 aromatic rings. The normalized spacial score (nSPS) is 22.2. The molecule has 44 heteroatoms. The molecule has 0 aliphatic carbocycles. The molecule has 3 saturated heterocycles. The lowest BCUT2D eigenvalue weighted by Gasteiger charge is -2.21. The second-order valence-corrected chi connectivity index (χ2v) is 25.4. The van der Waals surface area contributed by atoms with Gasteiger partial charge in [0.15, 0.2) is 34.4 Å². The number of phosphoric acid groups is 3. The van der Waals surface area contributed by atoms with Crippen LogP contribution in [-0.4, -0.2) is 148 Å².